The molecule has 0 saturated carbocycles. The van der Waals surface area contributed by atoms with Crippen molar-refractivity contribution in [3.8, 4) is 0 Å². The molecule has 2 saturated heterocycles. The van der Waals surface area contributed by atoms with Crippen molar-refractivity contribution in [1.82, 2.24) is 15.1 Å². The van der Waals surface area contributed by atoms with Crippen molar-refractivity contribution in [1.29, 1.82) is 0 Å². The van der Waals surface area contributed by atoms with Gasteiger partial charge in [-0.15, -0.1) is 0 Å². The summed E-state index contributed by atoms with van der Waals surface area (Å²) in [6.07, 6.45) is 4.52. The molecule has 2 aliphatic heterocycles. The number of rotatable bonds is 5. The fourth-order valence-electron chi connectivity index (χ4n) is 3.30. The van der Waals surface area contributed by atoms with Gasteiger partial charge in [-0.05, 0) is 51.2 Å². The molecule has 0 radical (unpaired) electrons. The maximum absolute atomic E-state index is 12.3. The second-order valence-electron chi connectivity index (χ2n) is 5.90. The van der Waals surface area contributed by atoms with Crippen molar-refractivity contribution < 1.29 is 4.79 Å². The molecule has 1 atom stereocenters. The summed E-state index contributed by atoms with van der Waals surface area (Å²) in [5, 5.41) is 3.32. The first-order valence-corrected chi connectivity index (χ1v) is 7.99. The van der Waals surface area contributed by atoms with Crippen LogP contribution in [0.25, 0.3) is 0 Å². The molecule has 0 spiro atoms. The molecule has 0 bridgehead atoms. The number of carbonyl (C=O) groups excluding carboxylic acids is 1. The van der Waals surface area contributed by atoms with Crippen LogP contribution in [0.15, 0.2) is 0 Å². The van der Waals surface area contributed by atoms with Gasteiger partial charge < -0.3 is 15.1 Å². The third-order valence-corrected chi connectivity index (χ3v) is 4.70. The van der Waals surface area contributed by atoms with Gasteiger partial charge in [0.2, 0.25) is 5.91 Å². The van der Waals surface area contributed by atoms with Crippen LogP contribution in [0.5, 0.6) is 0 Å². The van der Waals surface area contributed by atoms with Gasteiger partial charge in [-0.1, -0.05) is 13.8 Å². The summed E-state index contributed by atoms with van der Waals surface area (Å²) < 4.78 is 0. The van der Waals surface area contributed by atoms with Crippen molar-refractivity contribution in [2.45, 2.75) is 45.6 Å². The van der Waals surface area contributed by atoms with Crippen molar-refractivity contribution in [3.63, 3.8) is 0 Å². The molecule has 0 aliphatic carbocycles. The number of nitrogens with zero attached hydrogens (tertiary/aromatic N) is 2. The maximum atomic E-state index is 12.3. The van der Waals surface area contributed by atoms with Crippen LogP contribution in [0.1, 0.15) is 39.5 Å². The number of hydrogen-bond donors (Lipinski definition) is 1. The smallest absolute Gasteiger partial charge is 0.239 e. The molecular weight excluding hydrogens is 238 g/mol. The van der Waals surface area contributed by atoms with Gasteiger partial charge in [-0.2, -0.15) is 0 Å². The van der Waals surface area contributed by atoms with Crippen LogP contribution < -0.4 is 5.32 Å². The number of amides is 1. The predicted octanol–water partition coefficient (Wildman–Crippen LogP) is 1.32. The van der Waals surface area contributed by atoms with Gasteiger partial charge in [-0.3, -0.25) is 4.79 Å². The van der Waals surface area contributed by atoms with E-state index < -0.39 is 0 Å². The van der Waals surface area contributed by atoms with Crippen molar-refractivity contribution in [2.24, 2.45) is 5.92 Å². The fraction of sp³-hybridized carbons (Fsp3) is 0.933. The van der Waals surface area contributed by atoms with E-state index in [1.807, 2.05) is 0 Å². The Morgan fingerprint density at radius 1 is 1.21 bits per heavy atom. The Kier molecular flexibility index (Phi) is 5.64. The molecule has 2 heterocycles. The minimum absolute atomic E-state index is 0.110. The van der Waals surface area contributed by atoms with Gasteiger partial charge >= 0.3 is 0 Å². The Morgan fingerprint density at radius 2 is 1.89 bits per heavy atom. The molecule has 1 unspecified atom stereocenters. The Bertz CT molecular complexity index is 277. The van der Waals surface area contributed by atoms with Gasteiger partial charge in [0.15, 0.2) is 0 Å². The summed E-state index contributed by atoms with van der Waals surface area (Å²) in [6, 6.07) is 0.110. The third-order valence-electron chi connectivity index (χ3n) is 4.70. The van der Waals surface area contributed by atoms with Crippen LogP contribution in [-0.4, -0.2) is 61.0 Å². The van der Waals surface area contributed by atoms with Gasteiger partial charge in [0.1, 0.15) is 0 Å². The SMILES string of the molecule is CCN(CC)CC1CCN(C(=O)C2CCCN2)CC1. The van der Waals surface area contributed by atoms with Crippen LogP contribution in [0.2, 0.25) is 0 Å². The zero-order chi connectivity index (χ0) is 13.7. The Labute approximate surface area is 117 Å². The summed E-state index contributed by atoms with van der Waals surface area (Å²) in [7, 11) is 0. The number of likely N-dealkylation sites (tertiary alicyclic amines) is 1. The van der Waals surface area contributed by atoms with Crippen LogP contribution in [0, 0.1) is 5.92 Å². The van der Waals surface area contributed by atoms with E-state index in [1.54, 1.807) is 0 Å². The highest BCUT2D eigenvalue weighted by Gasteiger charge is 2.29. The van der Waals surface area contributed by atoms with Crippen molar-refractivity contribution in [3.05, 3.63) is 0 Å². The fourth-order valence-corrected chi connectivity index (χ4v) is 3.30. The van der Waals surface area contributed by atoms with Crippen LogP contribution in [0.4, 0.5) is 0 Å². The highest BCUT2D eigenvalue weighted by Crippen LogP contribution is 2.20. The summed E-state index contributed by atoms with van der Waals surface area (Å²) in [5.74, 6) is 1.12. The van der Waals surface area contributed by atoms with Gasteiger partial charge in [0, 0.05) is 19.6 Å². The molecule has 4 nitrogen and oxygen atoms in total. The lowest BCUT2D eigenvalue weighted by Crippen LogP contribution is -2.48. The lowest BCUT2D eigenvalue weighted by Gasteiger charge is -2.35. The zero-order valence-corrected chi connectivity index (χ0v) is 12.5. The molecule has 0 aromatic carbocycles. The molecule has 19 heavy (non-hydrogen) atoms. The van der Waals surface area contributed by atoms with E-state index in [1.165, 1.54) is 19.4 Å². The average Bonchev–Trinajstić information content (AvgIpc) is 2.99. The second kappa shape index (κ2) is 7.25. The highest BCUT2D eigenvalue weighted by molar-refractivity contribution is 5.82. The van der Waals surface area contributed by atoms with Crippen LogP contribution >= 0.6 is 0 Å². The number of nitrogens with one attached hydrogen (secondary N) is 1. The Hall–Kier alpha value is -0.610. The topological polar surface area (TPSA) is 35.6 Å². The third kappa shape index (κ3) is 3.93. The Balaban J connectivity index is 1.74. The molecule has 2 rings (SSSR count). The maximum Gasteiger partial charge on any atom is 0.239 e. The van der Waals surface area contributed by atoms with E-state index >= 15 is 0 Å². The van der Waals surface area contributed by atoms with Crippen molar-refractivity contribution >= 4 is 5.91 Å². The Morgan fingerprint density at radius 3 is 2.42 bits per heavy atom. The molecule has 0 aromatic rings. The van der Waals surface area contributed by atoms with Gasteiger partial charge in [0.05, 0.1) is 6.04 Å². The second-order valence-corrected chi connectivity index (χ2v) is 5.90. The standard InChI is InChI=1S/C15H29N3O/c1-3-17(4-2)12-13-7-10-18(11-8-13)15(19)14-6-5-9-16-14/h13-14,16H,3-12H2,1-2H3. The van der Waals surface area contributed by atoms with E-state index in [2.05, 4.69) is 29.0 Å². The zero-order valence-electron chi connectivity index (χ0n) is 12.5. The van der Waals surface area contributed by atoms with Crippen LogP contribution in [-0.2, 0) is 4.79 Å². The minimum Gasteiger partial charge on any atom is -0.341 e. The molecule has 2 aliphatic rings. The summed E-state index contributed by atoms with van der Waals surface area (Å²) in [4.78, 5) is 16.9. The highest BCUT2D eigenvalue weighted by atomic mass is 16.2. The largest absolute Gasteiger partial charge is 0.341 e. The van der Waals surface area contributed by atoms with Gasteiger partial charge in [0.25, 0.3) is 0 Å². The number of piperidine rings is 1. The molecular formula is C15H29N3O. The molecule has 0 aromatic heterocycles. The monoisotopic (exact) mass is 267 g/mol. The number of carbonyl (C=O) groups is 1. The molecule has 1 N–H and O–H groups in total. The first kappa shape index (κ1) is 14.8. The number of hydrogen-bond acceptors (Lipinski definition) is 3. The van der Waals surface area contributed by atoms with E-state index in [4.69, 9.17) is 0 Å². The lowest BCUT2D eigenvalue weighted by molar-refractivity contribution is -0.134. The van der Waals surface area contributed by atoms with E-state index in [0.717, 1.165) is 51.5 Å². The summed E-state index contributed by atoms with van der Waals surface area (Å²) in [6.45, 7) is 10.9. The quantitative estimate of drug-likeness (QED) is 0.816. The predicted molar refractivity (Wildman–Crippen MR) is 78.1 cm³/mol. The molecule has 110 valence electrons. The normalized spacial score (nSPS) is 25.2. The molecule has 4 heteroatoms. The van der Waals surface area contributed by atoms with E-state index in [0.29, 0.717) is 5.91 Å². The van der Waals surface area contributed by atoms with E-state index in [-0.39, 0.29) is 6.04 Å². The van der Waals surface area contributed by atoms with Crippen LogP contribution in [0.3, 0.4) is 0 Å². The molecule has 1 amide bonds. The first-order valence-electron chi connectivity index (χ1n) is 7.99. The molecule has 2 fully saturated rings. The first-order chi connectivity index (χ1) is 9.24. The average molecular weight is 267 g/mol. The van der Waals surface area contributed by atoms with E-state index in [9.17, 15) is 4.79 Å². The summed E-state index contributed by atoms with van der Waals surface area (Å²) >= 11 is 0. The summed E-state index contributed by atoms with van der Waals surface area (Å²) in [5.41, 5.74) is 0. The lowest BCUT2D eigenvalue weighted by atomic mass is 9.95. The minimum atomic E-state index is 0.110. The van der Waals surface area contributed by atoms with Gasteiger partial charge in [-0.25, -0.2) is 0 Å². The van der Waals surface area contributed by atoms with Crippen molar-refractivity contribution in [2.75, 3.05) is 39.3 Å².